The zero-order valence-electron chi connectivity index (χ0n) is 8.33. The van der Waals surface area contributed by atoms with Gasteiger partial charge in [0.2, 0.25) is 0 Å². The molecule has 0 amide bonds. The Labute approximate surface area is 85.2 Å². The van der Waals surface area contributed by atoms with Gasteiger partial charge in [0.05, 0.1) is 0 Å². The molecule has 0 fully saturated rings. The van der Waals surface area contributed by atoms with Crippen LogP contribution in [0.1, 0.15) is 12.5 Å². The highest BCUT2D eigenvalue weighted by Crippen LogP contribution is 2.36. The largest absolute Gasteiger partial charge is 0.0622 e. The third-order valence-electron chi connectivity index (χ3n) is 2.40. The van der Waals surface area contributed by atoms with Gasteiger partial charge in [0.1, 0.15) is 0 Å². The molecule has 1 aromatic carbocycles. The zero-order valence-corrected chi connectivity index (χ0v) is 8.33. The Kier molecular flexibility index (Phi) is 2.64. The Morgan fingerprint density at radius 2 is 1.86 bits per heavy atom. The van der Waals surface area contributed by atoms with Gasteiger partial charge in [-0.25, -0.2) is 0 Å². The summed E-state index contributed by atoms with van der Waals surface area (Å²) in [7, 11) is 0. The van der Waals surface area contributed by atoms with Crippen molar-refractivity contribution >= 4 is 0 Å². The molecule has 3 rings (SSSR count). The van der Waals surface area contributed by atoms with Crippen LogP contribution in [0.2, 0.25) is 0 Å². The van der Waals surface area contributed by atoms with Crippen molar-refractivity contribution in [3.8, 4) is 11.1 Å². The minimum Gasteiger partial charge on any atom is -0.0622 e. The molecule has 0 bridgehead atoms. The van der Waals surface area contributed by atoms with E-state index < -0.39 is 0 Å². The molecule has 0 nitrogen and oxygen atoms in total. The SMILES string of the molecule is CCc1cc2ccc1-2.[c]1ccccc1. The summed E-state index contributed by atoms with van der Waals surface area (Å²) < 4.78 is 0. The fraction of sp³-hybridized carbons (Fsp3) is 0.143. The van der Waals surface area contributed by atoms with Crippen LogP contribution in [0.4, 0.5) is 0 Å². The molecule has 0 heteroatoms. The lowest BCUT2D eigenvalue weighted by atomic mass is 9.86. The third kappa shape index (κ3) is 1.69. The Bertz CT molecular complexity index is 375. The average molecular weight is 181 g/mol. The van der Waals surface area contributed by atoms with Crippen LogP contribution in [0, 0.1) is 6.07 Å². The monoisotopic (exact) mass is 181 g/mol. The van der Waals surface area contributed by atoms with Crippen molar-refractivity contribution in [3.05, 3.63) is 60.2 Å². The number of benzene rings is 2. The molecule has 2 aliphatic carbocycles. The molecule has 1 aromatic rings. The van der Waals surface area contributed by atoms with Crippen molar-refractivity contribution in [1.82, 2.24) is 0 Å². The smallest absolute Gasteiger partial charge is 0.0151 e. The van der Waals surface area contributed by atoms with Crippen molar-refractivity contribution in [1.29, 1.82) is 0 Å². The first kappa shape index (κ1) is 9.01. The van der Waals surface area contributed by atoms with Crippen LogP contribution < -0.4 is 0 Å². The second-order valence-corrected chi connectivity index (χ2v) is 3.30. The van der Waals surface area contributed by atoms with Gasteiger partial charge in [-0.3, -0.25) is 0 Å². The maximum atomic E-state index is 2.89. The van der Waals surface area contributed by atoms with Crippen molar-refractivity contribution in [3.63, 3.8) is 0 Å². The van der Waals surface area contributed by atoms with Gasteiger partial charge in [-0.1, -0.05) is 55.5 Å². The Morgan fingerprint density at radius 1 is 1.07 bits per heavy atom. The minimum absolute atomic E-state index is 1.20. The van der Waals surface area contributed by atoms with Gasteiger partial charge in [-0.2, -0.15) is 0 Å². The molecule has 0 atom stereocenters. The van der Waals surface area contributed by atoms with Crippen LogP contribution >= 0.6 is 0 Å². The Morgan fingerprint density at radius 3 is 2.00 bits per heavy atom. The van der Waals surface area contributed by atoms with Crippen LogP contribution in [-0.4, -0.2) is 0 Å². The second kappa shape index (κ2) is 4.10. The lowest BCUT2D eigenvalue weighted by molar-refractivity contribution is 1.12. The molecule has 0 heterocycles. The lowest BCUT2D eigenvalue weighted by Gasteiger charge is -2.19. The average Bonchev–Trinajstić information content (AvgIpc) is 2.25. The predicted octanol–water partition coefficient (Wildman–Crippen LogP) is 3.72. The zero-order chi connectivity index (χ0) is 9.80. The van der Waals surface area contributed by atoms with Crippen LogP contribution in [0.25, 0.3) is 11.1 Å². The van der Waals surface area contributed by atoms with E-state index in [4.69, 9.17) is 0 Å². The molecule has 2 aliphatic rings. The highest BCUT2D eigenvalue weighted by molar-refractivity contribution is 5.80. The van der Waals surface area contributed by atoms with E-state index in [1.807, 2.05) is 30.3 Å². The first-order chi connectivity index (χ1) is 6.92. The van der Waals surface area contributed by atoms with Crippen molar-refractivity contribution in [2.45, 2.75) is 13.3 Å². The van der Waals surface area contributed by atoms with Crippen LogP contribution in [0.3, 0.4) is 0 Å². The molecular weight excluding hydrogens is 168 g/mol. The molecule has 69 valence electrons. The third-order valence-corrected chi connectivity index (χ3v) is 2.40. The van der Waals surface area contributed by atoms with Crippen molar-refractivity contribution in [2.75, 3.05) is 0 Å². The molecule has 0 N–H and O–H groups in total. The van der Waals surface area contributed by atoms with Gasteiger partial charge in [-0.05, 0) is 29.2 Å². The van der Waals surface area contributed by atoms with Crippen LogP contribution in [0.5, 0.6) is 0 Å². The number of hydrogen-bond donors (Lipinski definition) is 0. The summed E-state index contributed by atoms with van der Waals surface area (Å²) in [6, 6.07) is 19.1. The molecule has 0 spiro atoms. The summed E-state index contributed by atoms with van der Waals surface area (Å²) in [5, 5.41) is 0. The fourth-order valence-electron chi connectivity index (χ4n) is 1.50. The summed E-state index contributed by atoms with van der Waals surface area (Å²) in [6.45, 7) is 2.20. The maximum Gasteiger partial charge on any atom is -0.0151 e. The van der Waals surface area contributed by atoms with E-state index in [0.29, 0.717) is 0 Å². The summed E-state index contributed by atoms with van der Waals surface area (Å²) >= 11 is 0. The number of fused-ring (bicyclic) bond motifs is 1. The van der Waals surface area contributed by atoms with E-state index in [0.717, 1.165) is 0 Å². The van der Waals surface area contributed by atoms with E-state index in [2.05, 4.69) is 31.2 Å². The summed E-state index contributed by atoms with van der Waals surface area (Å²) in [5.41, 5.74) is 4.50. The molecule has 0 aliphatic heterocycles. The first-order valence-corrected chi connectivity index (χ1v) is 4.96. The highest BCUT2D eigenvalue weighted by atomic mass is 14.2. The van der Waals surface area contributed by atoms with Gasteiger partial charge >= 0.3 is 0 Å². The van der Waals surface area contributed by atoms with Gasteiger partial charge in [-0.15, -0.1) is 0 Å². The highest BCUT2D eigenvalue weighted by Gasteiger charge is 2.13. The van der Waals surface area contributed by atoms with Crippen molar-refractivity contribution in [2.24, 2.45) is 0 Å². The number of rotatable bonds is 1. The number of hydrogen-bond acceptors (Lipinski definition) is 0. The quantitative estimate of drug-likeness (QED) is 0.536. The summed E-state index contributed by atoms with van der Waals surface area (Å²) in [6.07, 6.45) is 1.20. The minimum atomic E-state index is 1.20. The Hall–Kier alpha value is -1.56. The number of aryl methyl sites for hydroxylation is 1. The van der Waals surface area contributed by atoms with E-state index in [1.165, 1.54) is 23.1 Å². The van der Waals surface area contributed by atoms with E-state index in [-0.39, 0.29) is 0 Å². The van der Waals surface area contributed by atoms with Crippen LogP contribution in [0.15, 0.2) is 48.5 Å². The molecule has 0 saturated heterocycles. The molecule has 0 saturated carbocycles. The van der Waals surface area contributed by atoms with E-state index in [1.54, 1.807) is 0 Å². The molecule has 14 heavy (non-hydrogen) atoms. The second-order valence-electron chi connectivity index (χ2n) is 3.30. The maximum absolute atomic E-state index is 2.89. The Balaban J connectivity index is 0.000000112. The standard InChI is InChI=1S/C8H8.C6H5/c1-2-6-5-7-3-4-8(6)7;1-2-4-6-5-3-1/h3-5H,2H2,1H3;1-5H. The van der Waals surface area contributed by atoms with Crippen LogP contribution in [-0.2, 0) is 6.42 Å². The van der Waals surface area contributed by atoms with Gasteiger partial charge in [0.15, 0.2) is 0 Å². The van der Waals surface area contributed by atoms with E-state index in [9.17, 15) is 0 Å². The van der Waals surface area contributed by atoms with Gasteiger partial charge in [0, 0.05) is 0 Å². The molecule has 1 radical (unpaired) electrons. The predicted molar refractivity (Wildman–Crippen MR) is 60.1 cm³/mol. The topological polar surface area (TPSA) is 0 Å². The molecular formula is C14H13. The van der Waals surface area contributed by atoms with Gasteiger partial charge < -0.3 is 0 Å². The van der Waals surface area contributed by atoms with Gasteiger partial charge in [0.25, 0.3) is 0 Å². The normalized spacial score (nSPS) is 10.1. The summed E-state index contributed by atoms with van der Waals surface area (Å²) in [4.78, 5) is 0. The molecule has 0 unspecified atom stereocenters. The molecule has 0 aromatic heterocycles. The fourth-order valence-corrected chi connectivity index (χ4v) is 1.50. The van der Waals surface area contributed by atoms with E-state index >= 15 is 0 Å². The van der Waals surface area contributed by atoms with Crippen molar-refractivity contribution < 1.29 is 0 Å². The summed E-state index contributed by atoms with van der Waals surface area (Å²) in [5.74, 6) is 0. The first-order valence-electron chi connectivity index (χ1n) is 4.96. The lowest BCUT2D eigenvalue weighted by Crippen LogP contribution is -1.97.